The van der Waals surface area contributed by atoms with Crippen LogP contribution in [0.2, 0.25) is 0 Å². The van der Waals surface area contributed by atoms with Crippen molar-refractivity contribution in [3.05, 3.63) is 29.3 Å². The molecule has 0 aliphatic carbocycles. The highest BCUT2D eigenvalue weighted by atomic mass is 16.5. The van der Waals surface area contributed by atoms with Crippen molar-refractivity contribution in [2.75, 3.05) is 11.9 Å². The average Bonchev–Trinajstić information content (AvgIpc) is 3.10. The van der Waals surface area contributed by atoms with E-state index in [2.05, 4.69) is 20.6 Å². The molecule has 1 unspecified atom stereocenters. The molecule has 1 saturated heterocycles. The maximum Gasteiger partial charge on any atom is 0.229 e. The molecule has 3 rings (SSSR count). The van der Waals surface area contributed by atoms with Gasteiger partial charge >= 0.3 is 0 Å². The number of ether oxygens (including phenoxy) is 1. The van der Waals surface area contributed by atoms with E-state index in [0.717, 1.165) is 42.8 Å². The summed E-state index contributed by atoms with van der Waals surface area (Å²) in [6.07, 6.45) is 6.98. The van der Waals surface area contributed by atoms with Gasteiger partial charge in [-0.15, -0.1) is 0 Å². The van der Waals surface area contributed by atoms with Crippen LogP contribution in [0, 0.1) is 13.8 Å². The lowest BCUT2D eigenvalue weighted by Gasteiger charge is -2.22. The Bertz CT molecular complexity index is 635. The molecule has 0 aromatic carbocycles. The van der Waals surface area contributed by atoms with Gasteiger partial charge in [-0.3, -0.25) is 9.89 Å². The van der Waals surface area contributed by atoms with E-state index in [1.807, 2.05) is 20.0 Å². The minimum absolute atomic E-state index is 0.0160. The average molecular weight is 303 g/mol. The van der Waals surface area contributed by atoms with E-state index in [9.17, 15) is 4.79 Å². The Balaban J connectivity index is 1.61. The van der Waals surface area contributed by atoms with Crippen LogP contribution >= 0.6 is 0 Å². The zero-order valence-corrected chi connectivity index (χ0v) is 12.9. The quantitative estimate of drug-likeness (QED) is 0.906. The molecule has 1 aliphatic heterocycles. The Morgan fingerprint density at radius 1 is 1.50 bits per heavy atom. The SMILES string of the molecule is Cc1n[nH]c(C)c1CC(=O)Nc1cnn(C2CCCCO2)c1. The highest BCUT2D eigenvalue weighted by molar-refractivity contribution is 5.92. The molecule has 1 fully saturated rings. The maximum atomic E-state index is 12.1. The molecule has 7 heteroatoms. The summed E-state index contributed by atoms with van der Waals surface area (Å²) in [6, 6.07) is 0. The van der Waals surface area contributed by atoms with Gasteiger partial charge in [0.25, 0.3) is 0 Å². The maximum absolute atomic E-state index is 12.1. The minimum Gasteiger partial charge on any atom is -0.357 e. The Labute approximate surface area is 129 Å². The fraction of sp³-hybridized carbons (Fsp3) is 0.533. The molecule has 7 nitrogen and oxygen atoms in total. The van der Waals surface area contributed by atoms with Gasteiger partial charge in [-0.05, 0) is 33.1 Å². The van der Waals surface area contributed by atoms with Crippen molar-refractivity contribution in [3.8, 4) is 0 Å². The van der Waals surface area contributed by atoms with Crippen molar-refractivity contribution in [2.24, 2.45) is 0 Å². The first-order valence-corrected chi connectivity index (χ1v) is 7.59. The molecule has 118 valence electrons. The van der Waals surface area contributed by atoms with Gasteiger partial charge in [-0.2, -0.15) is 10.2 Å². The van der Waals surface area contributed by atoms with Crippen molar-refractivity contribution in [1.82, 2.24) is 20.0 Å². The van der Waals surface area contributed by atoms with Gasteiger partial charge in [-0.1, -0.05) is 0 Å². The Morgan fingerprint density at radius 3 is 3.05 bits per heavy atom. The third kappa shape index (κ3) is 3.19. The first kappa shape index (κ1) is 14.8. The lowest BCUT2D eigenvalue weighted by Crippen LogP contribution is -2.18. The monoisotopic (exact) mass is 303 g/mol. The number of aromatic nitrogens is 4. The van der Waals surface area contributed by atoms with Crippen LogP contribution in [0.25, 0.3) is 0 Å². The van der Waals surface area contributed by atoms with Crippen LogP contribution in [0.4, 0.5) is 5.69 Å². The van der Waals surface area contributed by atoms with E-state index in [-0.39, 0.29) is 12.1 Å². The number of nitrogens with zero attached hydrogens (tertiary/aromatic N) is 3. The molecule has 0 radical (unpaired) electrons. The fourth-order valence-corrected chi connectivity index (χ4v) is 2.69. The fourth-order valence-electron chi connectivity index (χ4n) is 2.69. The van der Waals surface area contributed by atoms with Crippen molar-refractivity contribution in [3.63, 3.8) is 0 Å². The van der Waals surface area contributed by atoms with Gasteiger partial charge < -0.3 is 10.1 Å². The van der Waals surface area contributed by atoms with Crippen LogP contribution in [0.15, 0.2) is 12.4 Å². The molecule has 0 saturated carbocycles. The Kier molecular flexibility index (Phi) is 4.24. The van der Waals surface area contributed by atoms with E-state index in [1.165, 1.54) is 0 Å². The first-order chi connectivity index (χ1) is 10.6. The van der Waals surface area contributed by atoms with Gasteiger partial charge in [0.05, 0.1) is 30.2 Å². The summed E-state index contributed by atoms with van der Waals surface area (Å²) in [7, 11) is 0. The number of hydrogen-bond donors (Lipinski definition) is 2. The van der Waals surface area contributed by atoms with E-state index in [1.54, 1.807) is 10.9 Å². The van der Waals surface area contributed by atoms with Crippen LogP contribution < -0.4 is 5.32 Å². The molecule has 2 aromatic heterocycles. The lowest BCUT2D eigenvalue weighted by molar-refractivity contribution is -0.115. The summed E-state index contributed by atoms with van der Waals surface area (Å²) < 4.78 is 7.46. The number of carbonyl (C=O) groups excluding carboxylic acids is 1. The number of aryl methyl sites for hydroxylation is 2. The zero-order chi connectivity index (χ0) is 15.5. The first-order valence-electron chi connectivity index (χ1n) is 7.59. The van der Waals surface area contributed by atoms with Gasteiger partial charge in [0.2, 0.25) is 5.91 Å². The number of aromatic amines is 1. The number of nitrogens with one attached hydrogen (secondary N) is 2. The van der Waals surface area contributed by atoms with Crippen LogP contribution in [0.3, 0.4) is 0 Å². The molecule has 1 amide bonds. The predicted molar refractivity (Wildman–Crippen MR) is 81.5 cm³/mol. The van der Waals surface area contributed by atoms with Gasteiger partial charge in [-0.25, -0.2) is 4.68 Å². The molecule has 2 aromatic rings. The molecule has 22 heavy (non-hydrogen) atoms. The molecular formula is C15H21N5O2. The van der Waals surface area contributed by atoms with Crippen molar-refractivity contribution < 1.29 is 9.53 Å². The topological polar surface area (TPSA) is 84.8 Å². The summed E-state index contributed by atoms with van der Waals surface area (Å²) in [4.78, 5) is 12.1. The zero-order valence-electron chi connectivity index (χ0n) is 12.9. The third-order valence-electron chi connectivity index (χ3n) is 3.95. The molecular weight excluding hydrogens is 282 g/mol. The number of carbonyl (C=O) groups is 1. The summed E-state index contributed by atoms with van der Waals surface area (Å²) >= 11 is 0. The molecule has 0 bridgehead atoms. The second kappa shape index (κ2) is 6.31. The summed E-state index contributed by atoms with van der Waals surface area (Å²) in [5, 5.41) is 14.2. The van der Waals surface area contributed by atoms with Crippen molar-refractivity contribution >= 4 is 11.6 Å². The third-order valence-corrected chi connectivity index (χ3v) is 3.95. The largest absolute Gasteiger partial charge is 0.357 e. The van der Waals surface area contributed by atoms with Crippen molar-refractivity contribution in [1.29, 1.82) is 0 Å². The highest BCUT2D eigenvalue weighted by Crippen LogP contribution is 2.23. The smallest absolute Gasteiger partial charge is 0.229 e. The van der Waals surface area contributed by atoms with Crippen LogP contribution in [-0.4, -0.2) is 32.5 Å². The highest BCUT2D eigenvalue weighted by Gasteiger charge is 2.17. The number of hydrogen-bond acceptors (Lipinski definition) is 4. The van der Waals surface area contributed by atoms with Crippen LogP contribution in [-0.2, 0) is 16.0 Å². The predicted octanol–water partition coefficient (Wildman–Crippen LogP) is 2.10. The van der Waals surface area contributed by atoms with E-state index in [4.69, 9.17) is 4.74 Å². The Morgan fingerprint density at radius 2 is 2.36 bits per heavy atom. The van der Waals surface area contributed by atoms with Crippen molar-refractivity contribution in [2.45, 2.75) is 45.8 Å². The van der Waals surface area contributed by atoms with Gasteiger partial charge in [0, 0.05) is 17.9 Å². The number of H-pyrrole nitrogens is 1. The second-order valence-corrected chi connectivity index (χ2v) is 5.67. The standard InChI is InChI=1S/C15H21N5O2/c1-10-13(11(2)19-18-10)7-14(21)17-12-8-16-20(9-12)15-5-3-4-6-22-15/h8-9,15H,3-7H2,1-2H3,(H,17,21)(H,18,19). The summed E-state index contributed by atoms with van der Waals surface area (Å²) in [5.41, 5.74) is 3.43. The van der Waals surface area contributed by atoms with Gasteiger partial charge in [0.15, 0.2) is 0 Å². The van der Waals surface area contributed by atoms with E-state index < -0.39 is 0 Å². The normalized spacial score (nSPS) is 18.4. The van der Waals surface area contributed by atoms with Crippen LogP contribution in [0.5, 0.6) is 0 Å². The second-order valence-electron chi connectivity index (χ2n) is 5.67. The number of rotatable bonds is 4. The molecule has 2 N–H and O–H groups in total. The summed E-state index contributed by atoms with van der Waals surface area (Å²) in [6.45, 7) is 4.58. The van der Waals surface area contributed by atoms with E-state index >= 15 is 0 Å². The molecule has 1 atom stereocenters. The molecule has 0 spiro atoms. The number of anilines is 1. The Hall–Kier alpha value is -2.15. The van der Waals surface area contributed by atoms with E-state index in [0.29, 0.717) is 12.1 Å². The number of amides is 1. The van der Waals surface area contributed by atoms with Crippen LogP contribution in [0.1, 0.15) is 42.4 Å². The molecule has 3 heterocycles. The molecule has 1 aliphatic rings. The lowest BCUT2D eigenvalue weighted by atomic mass is 10.1. The summed E-state index contributed by atoms with van der Waals surface area (Å²) in [5.74, 6) is -0.0725. The minimum atomic E-state index is -0.0725. The van der Waals surface area contributed by atoms with Gasteiger partial charge in [0.1, 0.15) is 6.23 Å².